The van der Waals surface area contributed by atoms with E-state index < -0.39 is 0 Å². The first kappa shape index (κ1) is 14.0. The number of rotatable bonds is 6. The van der Waals surface area contributed by atoms with Crippen LogP contribution in [0.4, 0.5) is 0 Å². The minimum absolute atomic E-state index is 0.541. The highest BCUT2D eigenvalue weighted by molar-refractivity contribution is 5.38. The molecule has 0 aliphatic heterocycles. The predicted octanol–water partition coefficient (Wildman–Crippen LogP) is 3.09. The molecule has 21 heavy (non-hydrogen) atoms. The second-order valence-electron chi connectivity index (χ2n) is 5.33. The van der Waals surface area contributed by atoms with Gasteiger partial charge >= 0.3 is 0 Å². The molecule has 0 amide bonds. The highest BCUT2D eigenvalue weighted by Gasteiger charge is 2.10. The van der Waals surface area contributed by atoms with Gasteiger partial charge in [-0.15, -0.1) is 0 Å². The van der Waals surface area contributed by atoms with Crippen LogP contribution in [0.1, 0.15) is 23.1 Å². The van der Waals surface area contributed by atoms with Gasteiger partial charge in [0.2, 0.25) is 0 Å². The van der Waals surface area contributed by atoms with Crippen molar-refractivity contribution in [3.8, 4) is 11.5 Å². The molecule has 0 aromatic heterocycles. The van der Waals surface area contributed by atoms with Crippen LogP contribution in [0.3, 0.4) is 0 Å². The summed E-state index contributed by atoms with van der Waals surface area (Å²) in [5, 5.41) is 0. The molecule has 1 aliphatic rings. The standard InChI is InChI=1S/C18H21NO2/c19-13-14-4-7-17(8-5-14)20-10-11-21-18-9-6-15-2-1-3-16(15)12-18/h4-9,12H,1-3,10-11,13,19H2. The summed E-state index contributed by atoms with van der Waals surface area (Å²) in [7, 11) is 0. The van der Waals surface area contributed by atoms with Crippen molar-refractivity contribution in [3.05, 3.63) is 59.2 Å². The maximum absolute atomic E-state index is 5.75. The Bertz CT molecular complexity index is 593. The summed E-state index contributed by atoms with van der Waals surface area (Å²) in [6, 6.07) is 14.3. The maximum Gasteiger partial charge on any atom is 0.122 e. The van der Waals surface area contributed by atoms with E-state index in [1.165, 1.54) is 30.4 Å². The summed E-state index contributed by atoms with van der Waals surface area (Å²) in [4.78, 5) is 0. The molecule has 0 radical (unpaired) electrons. The van der Waals surface area contributed by atoms with E-state index in [4.69, 9.17) is 15.2 Å². The smallest absolute Gasteiger partial charge is 0.122 e. The van der Waals surface area contributed by atoms with Gasteiger partial charge in [-0.25, -0.2) is 0 Å². The fourth-order valence-corrected chi connectivity index (χ4v) is 2.68. The molecule has 110 valence electrons. The first-order valence-corrected chi connectivity index (χ1v) is 7.51. The second kappa shape index (κ2) is 6.64. The van der Waals surface area contributed by atoms with Crippen molar-refractivity contribution in [2.45, 2.75) is 25.8 Å². The van der Waals surface area contributed by atoms with Crippen molar-refractivity contribution in [3.63, 3.8) is 0 Å². The number of hydrogen-bond donors (Lipinski definition) is 1. The zero-order chi connectivity index (χ0) is 14.5. The molecule has 0 fully saturated rings. The minimum Gasteiger partial charge on any atom is -0.490 e. The summed E-state index contributed by atoms with van der Waals surface area (Å²) in [5.74, 6) is 1.79. The number of hydrogen-bond acceptors (Lipinski definition) is 3. The van der Waals surface area contributed by atoms with Crippen LogP contribution in [0, 0.1) is 0 Å². The number of aryl methyl sites for hydroxylation is 2. The van der Waals surface area contributed by atoms with Gasteiger partial charge < -0.3 is 15.2 Å². The lowest BCUT2D eigenvalue weighted by molar-refractivity contribution is 0.217. The van der Waals surface area contributed by atoms with Crippen LogP contribution in [0.25, 0.3) is 0 Å². The zero-order valence-corrected chi connectivity index (χ0v) is 12.2. The lowest BCUT2D eigenvalue weighted by Crippen LogP contribution is -2.09. The number of ether oxygens (including phenoxy) is 2. The van der Waals surface area contributed by atoms with E-state index in [1.807, 2.05) is 24.3 Å². The van der Waals surface area contributed by atoms with Crippen LogP contribution in [0.15, 0.2) is 42.5 Å². The lowest BCUT2D eigenvalue weighted by atomic mass is 10.1. The van der Waals surface area contributed by atoms with Crippen LogP contribution in [-0.4, -0.2) is 13.2 Å². The van der Waals surface area contributed by atoms with Crippen molar-refractivity contribution in [1.29, 1.82) is 0 Å². The van der Waals surface area contributed by atoms with Crippen molar-refractivity contribution >= 4 is 0 Å². The molecule has 0 saturated heterocycles. The van der Waals surface area contributed by atoms with Crippen molar-refractivity contribution in [2.75, 3.05) is 13.2 Å². The fraction of sp³-hybridized carbons (Fsp3) is 0.333. The topological polar surface area (TPSA) is 44.5 Å². The van der Waals surface area contributed by atoms with Gasteiger partial charge in [-0.1, -0.05) is 18.2 Å². The zero-order valence-electron chi connectivity index (χ0n) is 12.2. The third-order valence-corrected chi connectivity index (χ3v) is 3.85. The van der Waals surface area contributed by atoms with Crippen LogP contribution in [-0.2, 0) is 19.4 Å². The molecule has 3 rings (SSSR count). The summed E-state index contributed by atoms with van der Waals surface area (Å²) in [6.45, 7) is 1.65. The van der Waals surface area contributed by atoms with Crippen LogP contribution in [0.2, 0.25) is 0 Å². The van der Waals surface area contributed by atoms with Gasteiger partial charge in [0.25, 0.3) is 0 Å². The van der Waals surface area contributed by atoms with E-state index in [9.17, 15) is 0 Å². The third-order valence-electron chi connectivity index (χ3n) is 3.85. The number of nitrogens with two attached hydrogens (primary N) is 1. The Balaban J connectivity index is 1.45. The molecule has 0 heterocycles. The summed E-state index contributed by atoms with van der Waals surface area (Å²) in [5.41, 5.74) is 9.58. The molecule has 2 aromatic rings. The molecule has 3 nitrogen and oxygen atoms in total. The van der Waals surface area contributed by atoms with E-state index in [0.29, 0.717) is 19.8 Å². The van der Waals surface area contributed by atoms with Crippen molar-refractivity contribution in [2.24, 2.45) is 5.73 Å². The summed E-state index contributed by atoms with van der Waals surface area (Å²) >= 11 is 0. The Morgan fingerprint density at radius 1 is 0.810 bits per heavy atom. The largest absolute Gasteiger partial charge is 0.490 e. The molecule has 0 bridgehead atoms. The van der Waals surface area contributed by atoms with Crippen LogP contribution < -0.4 is 15.2 Å². The highest BCUT2D eigenvalue weighted by Crippen LogP contribution is 2.25. The Labute approximate surface area is 125 Å². The van der Waals surface area contributed by atoms with E-state index in [0.717, 1.165) is 17.1 Å². The predicted molar refractivity (Wildman–Crippen MR) is 83.8 cm³/mol. The first-order valence-electron chi connectivity index (χ1n) is 7.51. The average molecular weight is 283 g/mol. The van der Waals surface area contributed by atoms with Gasteiger partial charge in [0.1, 0.15) is 24.7 Å². The summed E-state index contributed by atoms with van der Waals surface area (Å²) in [6.07, 6.45) is 3.65. The molecule has 0 atom stereocenters. The lowest BCUT2D eigenvalue weighted by Gasteiger charge is -2.10. The molecular formula is C18H21NO2. The van der Waals surface area contributed by atoms with E-state index in [2.05, 4.69) is 18.2 Å². The molecule has 2 N–H and O–H groups in total. The molecule has 2 aromatic carbocycles. The average Bonchev–Trinajstić information content (AvgIpc) is 3.00. The van der Waals surface area contributed by atoms with Gasteiger partial charge in [-0.2, -0.15) is 0 Å². The molecule has 0 unspecified atom stereocenters. The SMILES string of the molecule is NCc1ccc(OCCOc2ccc3c(c2)CCC3)cc1. The minimum atomic E-state index is 0.541. The Morgan fingerprint density at radius 2 is 1.48 bits per heavy atom. The highest BCUT2D eigenvalue weighted by atomic mass is 16.5. The van der Waals surface area contributed by atoms with E-state index in [1.54, 1.807) is 0 Å². The fourth-order valence-electron chi connectivity index (χ4n) is 2.68. The Morgan fingerprint density at radius 3 is 2.24 bits per heavy atom. The molecule has 1 aliphatic carbocycles. The van der Waals surface area contributed by atoms with Gasteiger partial charge in [-0.3, -0.25) is 0 Å². The summed E-state index contributed by atoms with van der Waals surface area (Å²) < 4.78 is 11.4. The van der Waals surface area contributed by atoms with Gasteiger partial charge in [0.05, 0.1) is 0 Å². The molecule has 0 saturated carbocycles. The normalized spacial score (nSPS) is 13.0. The number of benzene rings is 2. The number of fused-ring (bicyclic) bond motifs is 1. The van der Waals surface area contributed by atoms with Crippen LogP contribution in [0.5, 0.6) is 11.5 Å². The molecule has 0 spiro atoms. The quantitative estimate of drug-likeness (QED) is 0.829. The van der Waals surface area contributed by atoms with Crippen molar-refractivity contribution < 1.29 is 9.47 Å². The monoisotopic (exact) mass is 283 g/mol. The Kier molecular flexibility index (Phi) is 4.41. The third kappa shape index (κ3) is 3.56. The van der Waals surface area contributed by atoms with E-state index >= 15 is 0 Å². The Hall–Kier alpha value is -2.00. The van der Waals surface area contributed by atoms with E-state index in [-0.39, 0.29) is 0 Å². The molecular weight excluding hydrogens is 262 g/mol. The van der Waals surface area contributed by atoms with Gasteiger partial charge in [-0.05, 0) is 60.2 Å². The second-order valence-corrected chi connectivity index (χ2v) is 5.33. The van der Waals surface area contributed by atoms with Crippen LogP contribution >= 0.6 is 0 Å². The van der Waals surface area contributed by atoms with Crippen molar-refractivity contribution in [1.82, 2.24) is 0 Å². The first-order chi connectivity index (χ1) is 10.3. The van der Waals surface area contributed by atoms with Gasteiger partial charge in [0, 0.05) is 6.54 Å². The molecule has 3 heteroatoms. The van der Waals surface area contributed by atoms with Gasteiger partial charge in [0.15, 0.2) is 0 Å². The maximum atomic E-state index is 5.75.